The molecule has 0 aromatic heterocycles. The molecular weight excluding hydrogens is 246 g/mol. The van der Waals surface area contributed by atoms with E-state index in [0.717, 1.165) is 11.1 Å². The van der Waals surface area contributed by atoms with E-state index in [4.69, 9.17) is 15.7 Å². The van der Waals surface area contributed by atoms with Gasteiger partial charge in [0, 0.05) is 12.1 Å². The van der Waals surface area contributed by atoms with E-state index in [1.807, 2.05) is 19.1 Å². The number of benzene rings is 1. The Bertz CT molecular complexity index is 514. The maximum Gasteiger partial charge on any atom is 0.254 e. The highest BCUT2D eigenvalue weighted by Gasteiger charge is 2.18. The van der Waals surface area contributed by atoms with E-state index in [0.29, 0.717) is 25.3 Å². The predicted octanol–water partition coefficient (Wildman–Crippen LogP) is 0.925. The number of carbonyl (C=O) groups is 1. The van der Waals surface area contributed by atoms with Gasteiger partial charge < -0.3 is 20.6 Å². The number of hydrogen-bond acceptors (Lipinski definition) is 4. The van der Waals surface area contributed by atoms with Crippen LogP contribution < -0.4 is 5.73 Å². The van der Waals surface area contributed by atoms with E-state index in [2.05, 4.69) is 5.16 Å². The van der Waals surface area contributed by atoms with Crippen molar-refractivity contribution in [1.82, 2.24) is 4.90 Å². The van der Waals surface area contributed by atoms with Crippen molar-refractivity contribution in [3.05, 3.63) is 34.9 Å². The topological polar surface area (TPSA) is 88.1 Å². The summed E-state index contributed by atoms with van der Waals surface area (Å²) in [6.07, 6.45) is 0. The molecule has 1 aliphatic heterocycles. The van der Waals surface area contributed by atoms with Crippen LogP contribution in [-0.2, 0) is 18.0 Å². The number of likely N-dealkylation sites (N-methyl/N-ethyl adjacent to an activating group) is 1. The fraction of sp³-hybridized carbons (Fsp3) is 0.385. The number of amides is 1. The van der Waals surface area contributed by atoms with Crippen LogP contribution in [0.25, 0.3) is 0 Å². The summed E-state index contributed by atoms with van der Waals surface area (Å²) < 4.78 is 5.32. The summed E-state index contributed by atoms with van der Waals surface area (Å²) in [6, 6.07) is 5.54. The first-order valence-corrected chi connectivity index (χ1v) is 6.11. The maximum atomic E-state index is 12.3. The number of nitrogens with two attached hydrogens (primary N) is 1. The van der Waals surface area contributed by atoms with Crippen LogP contribution in [0.4, 0.5) is 0 Å². The molecule has 1 heterocycles. The Morgan fingerprint density at radius 1 is 1.47 bits per heavy atom. The summed E-state index contributed by atoms with van der Waals surface area (Å²) in [5.41, 5.74) is 8.20. The van der Waals surface area contributed by atoms with E-state index in [1.165, 1.54) is 4.90 Å². The minimum Gasteiger partial charge on any atom is -0.409 e. The van der Waals surface area contributed by atoms with Crippen LogP contribution in [0.2, 0.25) is 0 Å². The van der Waals surface area contributed by atoms with E-state index in [-0.39, 0.29) is 18.3 Å². The van der Waals surface area contributed by atoms with Gasteiger partial charge in [0.15, 0.2) is 5.84 Å². The Hall–Kier alpha value is -2.08. The molecule has 0 saturated heterocycles. The number of hydrogen-bond donors (Lipinski definition) is 2. The Morgan fingerprint density at radius 3 is 2.89 bits per heavy atom. The van der Waals surface area contributed by atoms with E-state index in [9.17, 15) is 4.79 Å². The quantitative estimate of drug-likeness (QED) is 0.366. The highest BCUT2D eigenvalue weighted by molar-refractivity contribution is 5.97. The van der Waals surface area contributed by atoms with Crippen molar-refractivity contribution in [3.8, 4) is 0 Å². The van der Waals surface area contributed by atoms with Gasteiger partial charge in [0.25, 0.3) is 5.91 Å². The zero-order valence-electron chi connectivity index (χ0n) is 10.8. The second kappa shape index (κ2) is 5.71. The van der Waals surface area contributed by atoms with Gasteiger partial charge in [0.2, 0.25) is 0 Å². The third-order valence-corrected chi connectivity index (χ3v) is 3.12. The van der Waals surface area contributed by atoms with Gasteiger partial charge in [-0.05, 0) is 30.2 Å². The van der Waals surface area contributed by atoms with Crippen LogP contribution in [0.1, 0.15) is 28.4 Å². The lowest BCUT2D eigenvalue weighted by Crippen LogP contribution is -2.38. The molecule has 0 spiro atoms. The standard InChI is InChI=1S/C13H17N3O3/c1-2-16(6-12(14)15-18)13(17)9-3-4-10-7-19-8-11(10)5-9/h3-5,18H,2,6-8H2,1H3,(H2,14,15). The minimum absolute atomic E-state index is 0.0136. The van der Waals surface area contributed by atoms with E-state index in [1.54, 1.807) is 6.07 Å². The van der Waals surface area contributed by atoms with Gasteiger partial charge in [-0.1, -0.05) is 11.2 Å². The molecule has 0 atom stereocenters. The van der Waals surface area contributed by atoms with Gasteiger partial charge in [-0.15, -0.1) is 0 Å². The summed E-state index contributed by atoms with van der Waals surface area (Å²) in [7, 11) is 0. The van der Waals surface area contributed by atoms with Gasteiger partial charge in [0.1, 0.15) is 0 Å². The third kappa shape index (κ3) is 2.85. The number of carbonyl (C=O) groups excluding carboxylic acids is 1. The highest BCUT2D eigenvalue weighted by atomic mass is 16.5. The molecule has 3 N–H and O–H groups in total. The smallest absolute Gasteiger partial charge is 0.254 e. The summed E-state index contributed by atoms with van der Waals surface area (Å²) in [5.74, 6) is -0.122. The molecule has 1 aromatic rings. The Morgan fingerprint density at radius 2 is 2.21 bits per heavy atom. The minimum atomic E-state index is -0.135. The average molecular weight is 263 g/mol. The van der Waals surface area contributed by atoms with Crippen molar-refractivity contribution in [2.24, 2.45) is 10.9 Å². The van der Waals surface area contributed by atoms with Gasteiger partial charge in [-0.2, -0.15) is 0 Å². The lowest BCUT2D eigenvalue weighted by Gasteiger charge is -2.20. The van der Waals surface area contributed by atoms with Gasteiger partial charge >= 0.3 is 0 Å². The molecule has 1 aliphatic rings. The molecule has 6 heteroatoms. The zero-order chi connectivity index (χ0) is 13.8. The number of nitrogens with zero attached hydrogens (tertiary/aromatic N) is 2. The van der Waals surface area contributed by atoms with E-state index < -0.39 is 0 Å². The average Bonchev–Trinajstić information content (AvgIpc) is 2.90. The van der Waals surface area contributed by atoms with Gasteiger partial charge in [-0.25, -0.2) is 0 Å². The summed E-state index contributed by atoms with van der Waals surface area (Å²) >= 11 is 0. The van der Waals surface area contributed by atoms with Crippen molar-refractivity contribution in [3.63, 3.8) is 0 Å². The van der Waals surface area contributed by atoms with Crippen LogP contribution in [0, 0.1) is 0 Å². The van der Waals surface area contributed by atoms with E-state index >= 15 is 0 Å². The van der Waals surface area contributed by atoms with Crippen LogP contribution in [0.5, 0.6) is 0 Å². The molecule has 102 valence electrons. The predicted molar refractivity (Wildman–Crippen MR) is 69.9 cm³/mol. The molecule has 0 unspecified atom stereocenters. The van der Waals surface area contributed by atoms with Crippen LogP contribution >= 0.6 is 0 Å². The zero-order valence-corrected chi connectivity index (χ0v) is 10.8. The summed E-state index contributed by atoms with van der Waals surface area (Å²) in [6.45, 7) is 3.59. The van der Waals surface area contributed by atoms with Crippen LogP contribution in [0.15, 0.2) is 23.4 Å². The summed E-state index contributed by atoms with van der Waals surface area (Å²) in [5, 5.41) is 11.5. The third-order valence-electron chi connectivity index (χ3n) is 3.12. The van der Waals surface area contributed by atoms with Crippen molar-refractivity contribution in [2.45, 2.75) is 20.1 Å². The SMILES string of the molecule is CCN(CC(N)=NO)C(=O)c1ccc2c(c1)COC2. The normalized spacial score (nSPS) is 14.3. The molecule has 1 amide bonds. The lowest BCUT2D eigenvalue weighted by molar-refractivity contribution is 0.0786. The molecule has 0 bridgehead atoms. The number of fused-ring (bicyclic) bond motifs is 1. The monoisotopic (exact) mass is 263 g/mol. The number of ether oxygens (including phenoxy) is 1. The lowest BCUT2D eigenvalue weighted by atomic mass is 10.1. The van der Waals surface area contributed by atoms with Crippen LogP contribution in [-0.4, -0.2) is 34.9 Å². The second-order valence-electron chi connectivity index (χ2n) is 4.39. The molecular formula is C13H17N3O3. The van der Waals surface area contributed by atoms with Crippen LogP contribution in [0.3, 0.4) is 0 Å². The first kappa shape index (κ1) is 13.4. The van der Waals surface area contributed by atoms with Gasteiger partial charge in [0.05, 0.1) is 19.8 Å². The molecule has 0 radical (unpaired) electrons. The van der Waals surface area contributed by atoms with Gasteiger partial charge in [-0.3, -0.25) is 4.79 Å². The Labute approximate surface area is 111 Å². The largest absolute Gasteiger partial charge is 0.409 e. The molecule has 0 saturated carbocycles. The van der Waals surface area contributed by atoms with Crippen molar-refractivity contribution >= 4 is 11.7 Å². The summed E-state index contributed by atoms with van der Waals surface area (Å²) in [4.78, 5) is 13.8. The fourth-order valence-corrected chi connectivity index (χ4v) is 2.04. The number of amidine groups is 1. The Balaban J connectivity index is 2.18. The van der Waals surface area contributed by atoms with Crippen molar-refractivity contribution in [2.75, 3.05) is 13.1 Å². The molecule has 1 aromatic carbocycles. The highest BCUT2D eigenvalue weighted by Crippen LogP contribution is 2.21. The first-order chi connectivity index (χ1) is 9.15. The van der Waals surface area contributed by atoms with Crippen molar-refractivity contribution in [1.29, 1.82) is 0 Å². The second-order valence-corrected chi connectivity index (χ2v) is 4.39. The molecule has 0 aliphatic carbocycles. The fourth-order valence-electron chi connectivity index (χ4n) is 2.04. The first-order valence-electron chi connectivity index (χ1n) is 6.11. The molecule has 19 heavy (non-hydrogen) atoms. The van der Waals surface area contributed by atoms with Crippen molar-refractivity contribution < 1.29 is 14.7 Å². The maximum absolute atomic E-state index is 12.3. The molecule has 2 rings (SSSR count). The number of rotatable bonds is 4. The molecule has 6 nitrogen and oxygen atoms in total. The molecule has 0 fully saturated rings. The number of oxime groups is 1. The Kier molecular flexibility index (Phi) is 4.01.